The van der Waals surface area contributed by atoms with Crippen molar-refractivity contribution >= 4 is 12.0 Å². The van der Waals surface area contributed by atoms with Crippen molar-refractivity contribution in [2.45, 2.75) is 25.3 Å². The second kappa shape index (κ2) is 9.30. The van der Waals surface area contributed by atoms with Crippen molar-refractivity contribution in [2.24, 2.45) is 0 Å². The van der Waals surface area contributed by atoms with E-state index in [0.717, 1.165) is 50.2 Å². The summed E-state index contributed by atoms with van der Waals surface area (Å²) in [7, 11) is 1.92. The molecule has 0 bridgehead atoms. The third-order valence-electron chi connectivity index (χ3n) is 5.08. The lowest BCUT2D eigenvalue weighted by Gasteiger charge is -2.36. The van der Waals surface area contributed by atoms with Gasteiger partial charge in [-0.3, -0.25) is 9.78 Å². The maximum atomic E-state index is 12.4. The molecule has 1 amide bonds. The van der Waals surface area contributed by atoms with E-state index >= 15 is 0 Å². The Morgan fingerprint density at radius 1 is 1.15 bits per heavy atom. The van der Waals surface area contributed by atoms with Crippen LogP contribution in [0.1, 0.15) is 24.1 Å². The fourth-order valence-corrected chi connectivity index (χ4v) is 3.38. The lowest BCUT2D eigenvalue weighted by atomic mass is 10.0. The summed E-state index contributed by atoms with van der Waals surface area (Å²) >= 11 is 0. The predicted molar refractivity (Wildman–Crippen MR) is 106 cm³/mol. The molecule has 2 heterocycles. The molecule has 0 atom stereocenters. The van der Waals surface area contributed by atoms with E-state index in [4.69, 9.17) is 0 Å². The van der Waals surface area contributed by atoms with E-state index < -0.39 is 0 Å². The summed E-state index contributed by atoms with van der Waals surface area (Å²) in [4.78, 5) is 21.2. The molecule has 4 heteroatoms. The van der Waals surface area contributed by atoms with Gasteiger partial charge in [0.2, 0.25) is 5.91 Å². The van der Waals surface area contributed by atoms with Gasteiger partial charge in [0.25, 0.3) is 0 Å². The first-order valence-electron chi connectivity index (χ1n) is 9.34. The minimum Gasteiger partial charge on any atom is -0.339 e. The average molecular weight is 349 g/mol. The number of amides is 1. The third kappa shape index (κ3) is 5.27. The summed E-state index contributed by atoms with van der Waals surface area (Å²) in [5, 5.41) is 0. The van der Waals surface area contributed by atoms with Gasteiger partial charge >= 0.3 is 0 Å². The highest BCUT2D eigenvalue weighted by atomic mass is 16.2. The van der Waals surface area contributed by atoms with Crippen LogP contribution in [0.4, 0.5) is 0 Å². The van der Waals surface area contributed by atoms with E-state index in [1.165, 1.54) is 0 Å². The molecule has 2 aromatic rings. The first kappa shape index (κ1) is 18.3. The molecule has 1 aliphatic heterocycles. The highest BCUT2D eigenvalue weighted by Crippen LogP contribution is 2.16. The standard InChI is InChI=1S/C22H27N3O/c1-24(22(26)11-10-19-7-3-2-4-8-19)21-13-17-25(18-14-21)16-12-20-9-5-6-15-23-20/h2-11,15,21H,12-14,16-18H2,1H3/b11-10-. The van der Waals surface area contributed by atoms with Gasteiger partial charge in [0.1, 0.15) is 0 Å². The quantitative estimate of drug-likeness (QED) is 0.751. The van der Waals surface area contributed by atoms with Crippen LogP contribution in [-0.4, -0.2) is 53.4 Å². The zero-order valence-corrected chi connectivity index (χ0v) is 15.4. The third-order valence-corrected chi connectivity index (χ3v) is 5.08. The summed E-state index contributed by atoms with van der Waals surface area (Å²) in [5.41, 5.74) is 2.20. The molecule has 0 unspecified atom stereocenters. The molecule has 0 N–H and O–H groups in total. The van der Waals surface area contributed by atoms with Gasteiger partial charge in [0.05, 0.1) is 0 Å². The SMILES string of the molecule is CN(C(=O)/C=C\c1ccccc1)C1CCN(CCc2ccccn2)CC1. The first-order valence-corrected chi connectivity index (χ1v) is 9.34. The van der Waals surface area contributed by atoms with Gasteiger partial charge < -0.3 is 9.80 Å². The van der Waals surface area contributed by atoms with Gasteiger partial charge in [-0.15, -0.1) is 0 Å². The van der Waals surface area contributed by atoms with Crippen molar-refractivity contribution in [1.29, 1.82) is 0 Å². The molecule has 1 aromatic carbocycles. The van der Waals surface area contributed by atoms with Gasteiger partial charge in [-0.2, -0.15) is 0 Å². The number of carbonyl (C=O) groups is 1. The van der Waals surface area contributed by atoms with Gasteiger partial charge in [0, 0.05) is 57.1 Å². The predicted octanol–water partition coefficient (Wildman–Crippen LogP) is 3.26. The molecule has 4 nitrogen and oxygen atoms in total. The van der Waals surface area contributed by atoms with E-state index in [-0.39, 0.29) is 5.91 Å². The van der Waals surface area contributed by atoms with Gasteiger partial charge in [-0.05, 0) is 36.6 Å². The van der Waals surface area contributed by atoms with Crippen molar-refractivity contribution in [2.75, 3.05) is 26.7 Å². The van der Waals surface area contributed by atoms with E-state index in [2.05, 4.69) is 16.0 Å². The topological polar surface area (TPSA) is 36.4 Å². The number of likely N-dealkylation sites (N-methyl/N-ethyl adjacent to an activating group) is 1. The summed E-state index contributed by atoms with van der Waals surface area (Å²) in [6.07, 6.45) is 8.47. The largest absolute Gasteiger partial charge is 0.339 e. The molecule has 0 aliphatic carbocycles. The van der Waals surface area contributed by atoms with Gasteiger partial charge in [0.15, 0.2) is 0 Å². The molecule has 3 rings (SSSR count). The van der Waals surface area contributed by atoms with E-state index in [1.54, 1.807) is 6.08 Å². The van der Waals surface area contributed by atoms with Crippen molar-refractivity contribution in [3.8, 4) is 0 Å². The number of hydrogen-bond donors (Lipinski definition) is 0. The number of benzene rings is 1. The lowest BCUT2D eigenvalue weighted by Crippen LogP contribution is -2.45. The molecule has 0 saturated carbocycles. The van der Waals surface area contributed by atoms with Crippen molar-refractivity contribution in [3.05, 3.63) is 72.1 Å². The smallest absolute Gasteiger partial charge is 0.246 e. The molecule has 1 saturated heterocycles. The second-order valence-corrected chi connectivity index (χ2v) is 6.84. The van der Waals surface area contributed by atoms with Gasteiger partial charge in [-0.1, -0.05) is 36.4 Å². The summed E-state index contributed by atoms with van der Waals surface area (Å²) in [6.45, 7) is 3.12. The Labute approximate surface area is 156 Å². The Hall–Kier alpha value is -2.46. The number of likely N-dealkylation sites (tertiary alicyclic amines) is 1. The zero-order valence-electron chi connectivity index (χ0n) is 15.4. The Morgan fingerprint density at radius 2 is 1.88 bits per heavy atom. The minimum atomic E-state index is 0.0841. The van der Waals surface area contributed by atoms with Crippen LogP contribution in [0, 0.1) is 0 Å². The van der Waals surface area contributed by atoms with E-state index in [1.807, 2.05) is 66.7 Å². The number of pyridine rings is 1. The average Bonchev–Trinajstić information content (AvgIpc) is 2.72. The van der Waals surface area contributed by atoms with Crippen LogP contribution >= 0.6 is 0 Å². The summed E-state index contributed by atoms with van der Waals surface area (Å²) in [5.74, 6) is 0.0841. The molecule has 1 aliphatic rings. The number of carbonyl (C=O) groups excluding carboxylic acids is 1. The van der Waals surface area contributed by atoms with Crippen molar-refractivity contribution < 1.29 is 4.79 Å². The summed E-state index contributed by atoms with van der Waals surface area (Å²) < 4.78 is 0. The molecular weight excluding hydrogens is 322 g/mol. The summed E-state index contributed by atoms with van der Waals surface area (Å²) in [6, 6.07) is 16.3. The molecule has 0 radical (unpaired) electrons. The fraction of sp³-hybridized carbons (Fsp3) is 0.364. The Balaban J connectivity index is 1.43. The van der Waals surface area contributed by atoms with E-state index in [0.29, 0.717) is 6.04 Å². The highest BCUT2D eigenvalue weighted by Gasteiger charge is 2.24. The number of nitrogens with zero attached hydrogens (tertiary/aromatic N) is 3. The Kier molecular flexibility index (Phi) is 6.56. The van der Waals surface area contributed by atoms with Crippen LogP contribution in [0.3, 0.4) is 0 Å². The molecule has 26 heavy (non-hydrogen) atoms. The number of rotatable bonds is 6. The molecule has 0 spiro atoms. The molecule has 1 fully saturated rings. The monoisotopic (exact) mass is 349 g/mol. The first-order chi connectivity index (χ1) is 12.7. The van der Waals surface area contributed by atoms with Crippen LogP contribution in [0.5, 0.6) is 0 Å². The van der Waals surface area contributed by atoms with Crippen LogP contribution in [0.15, 0.2) is 60.8 Å². The van der Waals surface area contributed by atoms with Crippen LogP contribution < -0.4 is 0 Å². The van der Waals surface area contributed by atoms with Crippen molar-refractivity contribution in [1.82, 2.24) is 14.8 Å². The van der Waals surface area contributed by atoms with Gasteiger partial charge in [-0.25, -0.2) is 0 Å². The Morgan fingerprint density at radius 3 is 2.58 bits per heavy atom. The maximum Gasteiger partial charge on any atom is 0.246 e. The lowest BCUT2D eigenvalue weighted by molar-refractivity contribution is -0.127. The van der Waals surface area contributed by atoms with Crippen LogP contribution in [0.2, 0.25) is 0 Å². The highest BCUT2D eigenvalue weighted by molar-refractivity contribution is 5.91. The number of piperidine rings is 1. The normalized spacial score (nSPS) is 16.0. The fourth-order valence-electron chi connectivity index (χ4n) is 3.38. The van der Waals surface area contributed by atoms with Crippen LogP contribution in [-0.2, 0) is 11.2 Å². The van der Waals surface area contributed by atoms with Crippen LogP contribution in [0.25, 0.3) is 6.08 Å². The minimum absolute atomic E-state index is 0.0841. The molecule has 136 valence electrons. The van der Waals surface area contributed by atoms with Crippen molar-refractivity contribution in [3.63, 3.8) is 0 Å². The molecule has 1 aromatic heterocycles. The number of aromatic nitrogens is 1. The Bertz CT molecular complexity index is 707. The maximum absolute atomic E-state index is 12.4. The zero-order chi connectivity index (χ0) is 18.2. The number of hydrogen-bond acceptors (Lipinski definition) is 3. The van der Waals surface area contributed by atoms with E-state index in [9.17, 15) is 4.79 Å². The second-order valence-electron chi connectivity index (χ2n) is 6.84. The molecular formula is C22H27N3O.